The SMILES string of the molecule is CC[C@@H](NC(=O)COc1ccc(C)cc1)c1ccc(S(C)(=O)=O)cc1. The highest BCUT2D eigenvalue weighted by Crippen LogP contribution is 2.19. The number of aryl methyl sites for hydroxylation is 1. The molecule has 25 heavy (non-hydrogen) atoms. The average molecular weight is 361 g/mol. The highest BCUT2D eigenvalue weighted by molar-refractivity contribution is 7.90. The maximum Gasteiger partial charge on any atom is 0.258 e. The van der Waals surface area contributed by atoms with Crippen molar-refractivity contribution < 1.29 is 17.9 Å². The molecule has 0 aromatic heterocycles. The van der Waals surface area contributed by atoms with Crippen LogP contribution < -0.4 is 10.1 Å². The molecule has 0 aliphatic carbocycles. The van der Waals surface area contributed by atoms with Crippen molar-refractivity contribution in [2.75, 3.05) is 12.9 Å². The fourth-order valence-electron chi connectivity index (χ4n) is 2.39. The lowest BCUT2D eigenvalue weighted by Crippen LogP contribution is -2.32. The largest absolute Gasteiger partial charge is 0.484 e. The van der Waals surface area contributed by atoms with Crippen molar-refractivity contribution >= 4 is 15.7 Å². The van der Waals surface area contributed by atoms with E-state index in [1.54, 1.807) is 24.3 Å². The molecule has 134 valence electrons. The third kappa shape index (κ3) is 5.60. The minimum Gasteiger partial charge on any atom is -0.484 e. The lowest BCUT2D eigenvalue weighted by Gasteiger charge is -2.18. The van der Waals surface area contributed by atoms with Crippen molar-refractivity contribution in [2.45, 2.75) is 31.2 Å². The molecule has 0 bridgehead atoms. The smallest absolute Gasteiger partial charge is 0.258 e. The number of carbonyl (C=O) groups is 1. The summed E-state index contributed by atoms with van der Waals surface area (Å²) in [5.41, 5.74) is 1.99. The molecule has 6 heteroatoms. The van der Waals surface area contributed by atoms with E-state index in [4.69, 9.17) is 4.74 Å². The molecule has 2 aromatic rings. The zero-order chi connectivity index (χ0) is 18.4. The highest BCUT2D eigenvalue weighted by atomic mass is 32.2. The van der Waals surface area contributed by atoms with Crippen LogP contribution in [0, 0.1) is 6.92 Å². The molecule has 0 radical (unpaired) electrons. The lowest BCUT2D eigenvalue weighted by molar-refractivity contribution is -0.123. The number of ether oxygens (including phenoxy) is 1. The van der Waals surface area contributed by atoms with Gasteiger partial charge < -0.3 is 10.1 Å². The lowest BCUT2D eigenvalue weighted by atomic mass is 10.0. The Morgan fingerprint density at radius 1 is 1.08 bits per heavy atom. The first-order valence-electron chi connectivity index (χ1n) is 8.08. The Balaban J connectivity index is 1.96. The summed E-state index contributed by atoms with van der Waals surface area (Å²) in [6, 6.07) is 13.9. The Kier molecular flexibility index (Phi) is 6.20. The first-order valence-corrected chi connectivity index (χ1v) is 9.97. The Bertz CT molecular complexity index is 812. The standard InChI is InChI=1S/C19H23NO4S/c1-4-18(15-7-11-17(12-8-15)25(3,22)23)20-19(21)13-24-16-9-5-14(2)6-10-16/h5-12,18H,4,13H2,1-3H3,(H,20,21)/t18-/m1/s1. The van der Waals surface area contributed by atoms with E-state index >= 15 is 0 Å². The molecule has 1 atom stereocenters. The van der Waals surface area contributed by atoms with Crippen LogP contribution >= 0.6 is 0 Å². The molecule has 0 saturated heterocycles. The number of carbonyl (C=O) groups excluding carboxylic acids is 1. The Morgan fingerprint density at radius 3 is 2.20 bits per heavy atom. The van der Waals surface area contributed by atoms with Gasteiger partial charge in [0.15, 0.2) is 16.4 Å². The van der Waals surface area contributed by atoms with E-state index in [0.717, 1.165) is 11.1 Å². The van der Waals surface area contributed by atoms with Gasteiger partial charge in [-0.15, -0.1) is 0 Å². The van der Waals surface area contributed by atoms with Crippen LogP contribution in [-0.2, 0) is 14.6 Å². The van der Waals surface area contributed by atoms with Gasteiger partial charge in [0.25, 0.3) is 5.91 Å². The molecular formula is C19H23NO4S. The second-order valence-corrected chi connectivity index (χ2v) is 7.99. The summed E-state index contributed by atoms with van der Waals surface area (Å²) in [4.78, 5) is 12.4. The van der Waals surface area contributed by atoms with Gasteiger partial charge in [0.2, 0.25) is 0 Å². The third-order valence-corrected chi connectivity index (χ3v) is 4.97. The van der Waals surface area contributed by atoms with Gasteiger partial charge in [-0.1, -0.05) is 36.8 Å². The molecule has 0 heterocycles. The number of amides is 1. The van der Waals surface area contributed by atoms with Crippen LogP contribution in [0.3, 0.4) is 0 Å². The van der Waals surface area contributed by atoms with E-state index in [1.807, 2.05) is 38.1 Å². The first-order chi connectivity index (χ1) is 11.8. The van der Waals surface area contributed by atoms with E-state index in [2.05, 4.69) is 5.32 Å². The van der Waals surface area contributed by atoms with Crippen molar-refractivity contribution in [3.63, 3.8) is 0 Å². The topological polar surface area (TPSA) is 72.5 Å². The molecular weight excluding hydrogens is 338 g/mol. The van der Waals surface area contributed by atoms with E-state index in [-0.39, 0.29) is 23.5 Å². The molecule has 0 unspecified atom stereocenters. The molecule has 0 spiro atoms. The normalized spacial score (nSPS) is 12.4. The van der Waals surface area contributed by atoms with E-state index < -0.39 is 9.84 Å². The molecule has 0 aliphatic heterocycles. The molecule has 5 nitrogen and oxygen atoms in total. The third-order valence-electron chi connectivity index (χ3n) is 3.85. The molecule has 0 aliphatic rings. The van der Waals surface area contributed by atoms with Crippen LogP contribution in [0.15, 0.2) is 53.4 Å². The fraction of sp³-hybridized carbons (Fsp3) is 0.316. The second-order valence-electron chi connectivity index (χ2n) is 5.97. The summed E-state index contributed by atoms with van der Waals surface area (Å²) in [6.07, 6.45) is 1.86. The van der Waals surface area contributed by atoms with Crippen LogP contribution in [0.4, 0.5) is 0 Å². The Hall–Kier alpha value is -2.34. The maximum absolute atomic E-state index is 12.1. The molecule has 1 N–H and O–H groups in total. The van der Waals surface area contributed by atoms with Crippen molar-refractivity contribution in [1.82, 2.24) is 5.32 Å². The van der Waals surface area contributed by atoms with Gasteiger partial charge in [-0.05, 0) is 43.2 Å². The van der Waals surface area contributed by atoms with Gasteiger partial charge in [-0.3, -0.25) is 4.79 Å². The Morgan fingerprint density at radius 2 is 1.68 bits per heavy atom. The van der Waals surface area contributed by atoms with E-state index in [1.165, 1.54) is 6.26 Å². The minimum atomic E-state index is -3.22. The highest BCUT2D eigenvalue weighted by Gasteiger charge is 2.14. The van der Waals surface area contributed by atoms with Gasteiger partial charge in [0, 0.05) is 6.26 Å². The van der Waals surface area contributed by atoms with Crippen molar-refractivity contribution in [3.8, 4) is 5.75 Å². The number of rotatable bonds is 7. The van der Waals surface area contributed by atoms with Crippen LogP contribution in [-0.4, -0.2) is 27.2 Å². The molecule has 0 fully saturated rings. The van der Waals surface area contributed by atoms with Gasteiger partial charge in [0.1, 0.15) is 5.75 Å². The summed E-state index contributed by atoms with van der Waals surface area (Å²) >= 11 is 0. The van der Waals surface area contributed by atoms with Crippen molar-refractivity contribution in [2.24, 2.45) is 0 Å². The first kappa shape index (κ1) is 19.0. The summed E-state index contributed by atoms with van der Waals surface area (Å²) in [5.74, 6) is 0.422. The number of hydrogen-bond donors (Lipinski definition) is 1. The van der Waals surface area contributed by atoms with Gasteiger partial charge in [-0.25, -0.2) is 8.42 Å². The summed E-state index contributed by atoms with van der Waals surface area (Å²) in [7, 11) is -3.22. The summed E-state index contributed by atoms with van der Waals surface area (Å²) in [5, 5.41) is 2.91. The van der Waals surface area contributed by atoms with Gasteiger partial charge in [-0.2, -0.15) is 0 Å². The molecule has 2 rings (SSSR count). The molecule has 0 saturated carbocycles. The summed E-state index contributed by atoms with van der Waals surface area (Å²) in [6.45, 7) is 3.87. The number of sulfone groups is 1. The predicted molar refractivity (Wildman–Crippen MR) is 97.4 cm³/mol. The van der Waals surface area contributed by atoms with E-state index in [0.29, 0.717) is 12.2 Å². The van der Waals surface area contributed by atoms with Crippen LogP contribution in [0.2, 0.25) is 0 Å². The number of hydrogen-bond acceptors (Lipinski definition) is 4. The van der Waals surface area contributed by atoms with Crippen molar-refractivity contribution in [3.05, 3.63) is 59.7 Å². The number of benzene rings is 2. The zero-order valence-corrected chi connectivity index (χ0v) is 15.5. The maximum atomic E-state index is 12.1. The Labute approximate surface area is 148 Å². The van der Waals surface area contributed by atoms with Gasteiger partial charge in [0.05, 0.1) is 10.9 Å². The quantitative estimate of drug-likeness (QED) is 0.823. The number of nitrogens with one attached hydrogen (secondary N) is 1. The fourth-order valence-corrected chi connectivity index (χ4v) is 3.02. The van der Waals surface area contributed by atoms with Crippen LogP contribution in [0.1, 0.15) is 30.5 Å². The van der Waals surface area contributed by atoms with E-state index in [9.17, 15) is 13.2 Å². The predicted octanol–water partition coefficient (Wildman–Crippen LogP) is 3.04. The monoisotopic (exact) mass is 361 g/mol. The molecule has 1 amide bonds. The van der Waals surface area contributed by atoms with Crippen LogP contribution in [0.5, 0.6) is 5.75 Å². The summed E-state index contributed by atoms with van der Waals surface area (Å²) < 4.78 is 28.5. The average Bonchev–Trinajstić information content (AvgIpc) is 2.58. The molecule has 2 aromatic carbocycles. The minimum absolute atomic E-state index is 0.0685. The van der Waals surface area contributed by atoms with Crippen molar-refractivity contribution in [1.29, 1.82) is 0 Å². The second kappa shape index (κ2) is 8.16. The van der Waals surface area contributed by atoms with Crippen LogP contribution in [0.25, 0.3) is 0 Å². The zero-order valence-electron chi connectivity index (χ0n) is 14.7. The van der Waals surface area contributed by atoms with Gasteiger partial charge >= 0.3 is 0 Å².